The fraction of sp³-hybridized carbons (Fsp3) is 0.467. The van der Waals surface area contributed by atoms with Crippen LogP contribution in [0.2, 0.25) is 0 Å². The van der Waals surface area contributed by atoms with Gasteiger partial charge in [0, 0.05) is 24.3 Å². The predicted octanol–water partition coefficient (Wildman–Crippen LogP) is 2.74. The number of amides is 2. The number of anilines is 1. The maximum atomic E-state index is 12.3. The van der Waals surface area contributed by atoms with E-state index in [0.29, 0.717) is 11.6 Å². The van der Waals surface area contributed by atoms with Crippen molar-refractivity contribution in [1.29, 1.82) is 0 Å². The number of rotatable bonds is 5. The Morgan fingerprint density at radius 3 is 2.52 bits per heavy atom. The first-order valence-electron chi connectivity index (χ1n) is 7.02. The lowest BCUT2D eigenvalue weighted by Crippen LogP contribution is -2.41. The molecule has 6 nitrogen and oxygen atoms in total. The number of urea groups is 1. The second-order valence-corrected chi connectivity index (χ2v) is 5.66. The second-order valence-electron chi connectivity index (χ2n) is 5.66. The van der Waals surface area contributed by atoms with Gasteiger partial charge in [0.05, 0.1) is 0 Å². The quantitative estimate of drug-likeness (QED) is 0.778. The minimum Gasteiger partial charge on any atom is -0.507 e. The summed E-state index contributed by atoms with van der Waals surface area (Å²) in [7, 11) is 0. The summed E-state index contributed by atoms with van der Waals surface area (Å²) in [6, 6.07) is 3.83. The SMILES string of the molecule is CC(C)N(CC1CC1)C(=O)Nc1ccc(C(=O)O)c(O)c1. The Balaban J connectivity index is 2.06. The van der Waals surface area contributed by atoms with Crippen molar-refractivity contribution in [2.45, 2.75) is 32.7 Å². The number of carboxylic acid groups (broad SMARTS) is 1. The van der Waals surface area contributed by atoms with Gasteiger partial charge in [0.1, 0.15) is 11.3 Å². The Kier molecular flexibility index (Phi) is 4.35. The second kappa shape index (κ2) is 6.03. The molecule has 0 heterocycles. The van der Waals surface area contributed by atoms with Crippen LogP contribution in [-0.2, 0) is 0 Å². The van der Waals surface area contributed by atoms with Crippen molar-refractivity contribution >= 4 is 17.7 Å². The monoisotopic (exact) mass is 292 g/mol. The Morgan fingerprint density at radius 1 is 1.38 bits per heavy atom. The normalized spacial score (nSPS) is 14.0. The van der Waals surface area contributed by atoms with Crippen molar-refractivity contribution in [3.63, 3.8) is 0 Å². The molecule has 2 rings (SSSR count). The first kappa shape index (κ1) is 15.2. The minimum absolute atomic E-state index is 0.0810. The van der Waals surface area contributed by atoms with E-state index in [1.165, 1.54) is 18.2 Å². The first-order valence-corrected chi connectivity index (χ1v) is 7.02. The van der Waals surface area contributed by atoms with E-state index in [4.69, 9.17) is 5.11 Å². The molecule has 0 aromatic heterocycles. The number of carbonyl (C=O) groups is 2. The van der Waals surface area contributed by atoms with E-state index < -0.39 is 5.97 Å². The Morgan fingerprint density at radius 2 is 2.05 bits per heavy atom. The summed E-state index contributed by atoms with van der Waals surface area (Å²) in [4.78, 5) is 24.8. The molecule has 1 fully saturated rings. The van der Waals surface area contributed by atoms with Crippen LogP contribution in [0.5, 0.6) is 5.75 Å². The van der Waals surface area contributed by atoms with Gasteiger partial charge in [0.2, 0.25) is 0 Å². The fourth-order valence-corrected chi connectivity index (χ4v) is 2.09. The van der Waals surface area contributed by atoms with Gasteiger partial charge in [-0.2, -0.15) is 0 Å². The van der Waals surface area contributed by atoms with Gasteiger partial charge in [-0.05, 0) is 44.7 Å². The number of benzene rings is 1. The summed E-state index contributed by atoms with van der Waals surface area (Å²) >= 11 is 0. The van der Waals surface area contributed by atoms with E-state index >= 15 is 0 Å². The van der Waals surface area contributed by atoms with Crippen LogP contribution in [0.1, 0.15) is 37.0 Å². The molecule has 1 aliphatic carbocycles. The molecule has 0 spiro atoms. The predicted molar refractivity (Wildman–Crippen MR) is 78.7 cm³/mol. The molecule has 0 aliphatic heterocycles. The van der Waals surface area contributed by atoms with Gasteiger partial charge in [0.25, 0.3) is 0 Å². The third kappa shape index (κ3) is 3.87. The highest BCUT2D eigenvalue weighted by Crippen LogP contribution is 2.30. The van der Waals surface area contributed by atoms with Crippen LogP contribution in [-0.4, -0.2) is 39.7 Å². The molecule has 114 valence electrons. The highest BCUT2D eigenvalue weighted by atomic mass is 16.4. The number of aromatic carboxylic acids is 1. The number of aromatic hydroxyl groups is 1. The maximum Gasteiger partial charge on any atom is 0.339 e. The molecule has 0 saturated heterocycles. The van der Waals surface area contributed by atoms with Crippen LogP contribution in [0.3, 0.4) is 0 Å². The lowest BCUT2D eigenvalue weighted by Gasteiger charge is -2.27. The van der Waals surface area contributed by atoms with Crippen LogP contribution in [0.15, 0.2) is 18.2 Å². The Hall–Kier alpha value is -2.24. The van der Waals surface area contributed by atoms with Crippen molar-refractivity contribution in [2.24, 2.45) is 5.92 Å². The number of nitrogens with one attached hydrogen (secondary N) is 1. The summed E-state index contributed by atoms with van der Waals surface area (Å²) in [5.74, 6) is -0.984. The van der Waals surface area contributed by atoms with Gasteiger partial charge in [-0.1, -0.05) is 0 Å². The summed E-state index contributed by atoms with van der Waals surface area (Å²) in [6.45, 7) is 4.63. The van der Waals surface area contributed by atoms with Crippen LogP contribution < -0.4 is 5.32 Å². The van der Waals surface area contributed by atoms with E-state index in [0.717, 1.165) is 19.4 Å². The van der Waals surface area contributed by atoms with Gasteiger partial charge >= 0.3 is 12.0 Å². The van der Waals surface area contributed by atoms with Crippen molar-refractivity contribution in [3.8, 4) is 5.75 Å². The van der Waals surface area contributed by atoms with Crippen molar-refractivity contribution in [1.82, 2.24) is 4.90 Å². The van der Waals surface area contributed by atoms with Crippen LogP contribution in [0.25, 0.3) is 0 Å². The number of nitrogens with zero attached hydrogens (tertiary/aromatic N) is 1. The average Bonchev–Trinajstić information content (AvgIpc) is 3.18. The molecule has 21 heavy (non-hydrogen) atoms. The molecule has 1 aromatic rings. The molecule has 0 bridgehead atoms. The molecule has 0 unspecified atom stereocenters. The zero-order valence-corrected chi connectivity index (χ0v) is 12.2. The molecule has 0 atom stereocenters. The van der Waals surface area contributed by atoms with Crippen molar-refractivity contribution < 1.29 is 19.8 Å². The van der Waals surface area contributed by atoms with E-state index in [2.05, 4.69) is 5.32 Å². The standard InChI is InChI=1S/C15H20N2O4/c1-9(2)17(8-10-3-4-10)15(21)16-11-5-6-12(14(19)20)13(18)7-11/h5-7,9-10,18H,3-4,8H2,1-2H3,(H,16,21)(H,19,20). The third-order valence-electron chi connectivity index (χ3n) is 3.52. The molecule has 0 radical (unpaired) electrons. The molecule has 1 aromatic carbocycles. The largest absolute Gasteiger partial charge is 0.507 e. The lowest BCUT2D eigenvalue weighted by atomic mass is 10.2. The van der Waals surface area contributed by atoms with Gasteiger partial charge in [0.15, 0.2) is 0 Å². The van der Waals surface area contributed by atoms with Gasteiger partial charge in [-0.3, -0.25) is 0 Å². The summed E-state index contributed by atoms with van der Waals surface area (Å²) < 4.78 is 0. The fourth-order valence-electron chi connectivity index (χ4n) is 2.09. The molecule has 3 N–H and O–H groups in total. The smallest absolute Gasteiger partial charge is 0.339 e. The van der Waals surface area contributed by atoms with Crippen molar-refractivity contribution in [2.75, 3.05) is 11.9 Å². The lowest BCUT2D eigenvalue weighted by molar-refractivity contribution is 0.0694. The maximum absolute atomic E-state index is 12.3. The molecule has 2 amide bonds. The minimum atomic E-state index is -1.21. The molecular formula is C15H20N2O4. The zero-order valence-electron chi connectivity index (χ0n) is 12.2. The molecule has 6 heteroatoms. The number of carboxylic acids is 1. The van der Waals surface area contributed by atoms with Crippen LogP contribution in [0, 0.1) is 5.92 Å². The van der Waals surface area contributed by atoms with E-state index in [-0.39, 0.29) is 23.4 Å². The number of hydrogen-bond donors (Lipinski definition) is 3. The van der Waals surface area contributed by atoms with E-state index in [1.54, 1.807) is 4.90 Å². The molecule has 1 aliphatic rings. The zero-order chi connectivity index (χ0) is 15.6. The average molecular weight is 292 g/mol. The van der Waals surface area contributed by atoms with Gasteiger partial charge in [-0.15, -0.1) is 0 Å². The summed E-state index contributed by atoms with van der Waals surface area (Å²) in [6.07, 6.45) is 2.31. The van der Waals surface area contributed by atoms with Gasteiger partial charge < -0.3 is 20.4 Å². The topological polar surface area (TPSA) is 89.9 Å². The number of phenols is 1. The molecule has 1 saturated carbocycles. The summed E-state index contributed by atoms with van der Waals surface area (Å²) in [5, 5.41) is 21.2. The summed E-state index contributed by atoms with van der Waals surface area (Å²) in [5.41, 5.74) is 0.190. The molecular weight excluding hydrogens is 272 g/mol. The number of carbonyl (C=O) groups excluding carboxylic acids is 1. The third-order valence-corrected chi connectivity index (χ3v) is 3.52. The van der Waals surface area contributed by atoms with E-state index in [1.807, 2.05) is 13.8 Å². The van der Waals surface area contributed by atoms with Crippen molar-refractivity contribution in [3.05, 3.63) is 23.8 Å². The Bertz CT molecular complexity index is 553. The first-order chi connectivity index (χ1) is 9.88. The Labute approximate surface area is 123 Å². The highest BCUT2D eigenvalue weighted by molar-refractivity contribution is 5.94. The van der Waals surface area contributed by atoms with Crippen LogP contribution in [0.4, 0.5) is 10.5 Å². The van der Waals surface area contributed by atoms with E-state index in [9.17, 15) is 14.7 Å². The number of hydrogen-bond acceptors (Lipinski definition) is 3. The highest BCUT2D eigenvalue weighted by Gasteiger charge is 2.28. The van der Waals surface area contributed by atoms with Crippen LogP contribution >= 0.6 is 0 Å². The van der Waals surface area contributed by atoms with Gasteiger partial charge in [-0.25, -0.2) is 9.59 Å².